The van der Waals surface area contributed by atoms with Crippen LogP contribution >= 0.6 is 11.3 Å². The van der Waals surface area contributed by atoms with Crippen LogP contribution in [0.5, 0.6) is 0 Å². The number of nitrogens with one attached hydrogen (secondary N) is 1. The molecule has 1 heterocycles. The quantitative estimate of drug-likeness (QED) is 0.708. The third-order valence-corrected chi connectivity index (χ3v) is 4.61. The van der Waals surface area contributed by atoms with Gasteiger partial charge in [0.2, 0.25) is 0 Å². The Hall–Kier alpha value is -1.26. The third-order valence-electron chi connectivity index (χ3n) is 3.38. The van der Waals surface area contributed by atoms with Crippen LogP contribution in [0.3, 0.4) is 0 Å². The van der Waals surface area contributed by atoms with Crippen molar-refractivity contribution in [2.75, 3.05) is 6.54 Å². The highest BCUT2D eigenvalue weighted by atomic mass is 32.1. The number of thiophene rings is 1. The Morgan fingerprint density at radius 1 is 1.10 bits per heavy atom. The maximum absolute atomic E-state index is 13.8. The van der Waals surface area contributed by atoms with E-state index in [0.717, 1.165) is 36.8 Å². The summed E-state index contributed by atoms with van der Waals surface area (Å²) >= 11 is 1.54. The lowest BCUT2D eigenvalue weighted by molar-refractivity contribution is 0.501. The van der Waals surface area contributed by atoms with E-state index < -0.39 is 5.82 Å². The first kappa shape index (κ1) is 16.1. The van der Waals surface area contributed by atoms with Crippen molar-refractivity contribution < 1.29 is 8.78 Å². The van der Waals surface area contributed by atoms with E-state index in [-0.39, 0.29) is 5.82 Å². The molecule has 0 aliphatic carbocycles. The monoisotopic (exact) mass is 309 g/mol. The molecule has 21 heavy (non-hydrogen) atoms. The fourth-order valence-corrected chi connectivity index (χ4v) is 3.46. The molecular formula is C17H21F2NS. The molecule has 0 spiro atoms. The number of hydrogen-bond donors (Lipinski definition) is 1. The first-order chi connectivity index (χ1) is 10.2. The van der Waals surface area contributed by atoms with E-state index in [1.165, 1.54) is 28.3 Å². The fourth-order valence-electron chi connectivity index (χ4n) is 2.32. The van der Waals surface area contributed by atoms with Gasteiger partial charge in [-0.25, -0.2) is 8.78 Å². The van der Waals surface area contributed by atoms with Crippen molar-refractivity contribution in [2.45, 2.75) is 39.2 Å². The number of rotatable bonds is 7. The highest BCUT2D eigenvalue weighted by Gasteiger charge is 2.15. The Balaban J connectivity index is 2.24. The van der Waals surface area contributed by atoms with Gasteiger partial charge in [0.05, 0.1) is 0 Å². The second-order valence-corrected chi connectivity index (χ2v) is 6.24. The number of hydrogen-bond acceptors (Lipinski definition) is 2. The lowest BCUT2D eigenvalue weighted by atomic mass is 10.1. The summed E-state index contributed by atoms with van der Waals surface area (Å²) in [6.07, 6.45) is 3.21. The van der Waals surface area contributed by atoms with Crippen LogP contribution in [0.25, 0.3) is 10.4 Å². The van der Waals surface area contributed by atoms with Crippen molar-refractivity contribution in [2.24, 2.45) is 0 Å². The topological polar surface area (TPSA) is 12.0 Å². The van der Waals surface area contributed by atoms with Gasteiger partial charge in [-0.15, -0.1) is 11.3 Å². The second-order valence-electron chi connectivity index (χ2n) is 5.12. The summed E-state index contributed by atoms with van der Waals surface area (Å²) < 4.78 is 27.2. The summed E-state index contributed by atoms with van der Waals surface area (Å²) in [4.78, 5) is 1.96. The molecule has 1 N–H and O–H groups in total. The molecule has 0 saturated heterocycles. The average molecular weight is 309 g/mol. The maximum Gasteiger partial charge on any atom is 0.132 e. The van der Waals surface area contributed by atoms with Crippen LogP contribution in [0.4, 0.5) is 8.78 Å². The molecule has 0 radical (unpaired) electrons. The standard InChI is InChI=1S/C17H21F2NS/c1-3-5-15(20-10-4-2)17-9-8-16(21-17)13-11-12(18)6-7-14(13)19/h6-9,11,15,20H,3-5,10H2,1-2H3. The molecule has 0 aliphatic rings. The lowest BCUT2D eigenvalue weighted by Gasteiger charge is -2.16. The summed E-state index contributed by atoms with van der Waals surface area (Å²) in [6, 6.07) is 7.80. The van der Waals surface area contributed by atoms with Crippen LogP contribution in [-0.4, -0.2) is 6.54 Å². The predicted octanol–water partition coefficient (Wildman–Crippen LogP) is 5.53. The van der Waals surface area contributed by atoms with Gasteiger partial charge in [0.25, 0.3) is 0 Å². The van der Waals surface area contributed by atoms with E-state index in [4.69, 9.17) is 0 Å². The zero-order valence-corrected chi connectivity index (χ0v) is 13.3. The maximum atomic E-state index is 13.8. The molecule has 0 saturated carbocycles. The Morgan fingerprint density at radius 2 is 1.90 bits per heavy atom. The predicted molar refractivity (Wildman–Crippen MR) is 85.6 cm³/mol. The molecular weight excluding hydrogens is 288 g/mol. The molecule has 114 valence electrons. The van der Waals surface area contributed by atoms with Crippen LogP contribution < -0.4 is 5.32 Å². The Morgan fingerprint density at radius 3 is 2.62 bits per heavy atom. The van der Waals surface area contributed by atoms with Crippen LogP contribution in [0.1, 0.15) is 44.0 Å². The molecule has 0 aliphatic heterocycles. The van der Waals surface area contributed by atoms with Crippen molar-refractivity contribution in [3.8, 4) is 10.4 Å². The van der Waals surface area contributed by atoms with Gasteiger partial charge in [-0.3, -0.25) is 0 Å². The molecule has 0 amide bonds. The zero-order chi connectivity index (χ0) is 15.2. The Labute approximate surface area is 129 Å². The van der Waals surface area contributed by atoms with Gasteiger partial charge in [0.15, 0.2) is 0 Å². The molecule has 0 bridgehead atoms. The van der Waals surface area contributed by atoms with Gasteiger partial charge in [0.1, 0.15) is 11.6 Å². The summed E-state index contributed by atoms with van der Waals surface area (Å²) in [7, 11) is 0. The SMILES string of the molecule is CCCNC(CCC)c1ccc(-c2cc(F)ccc2F)s1. The molecule has 0 fully saturated rings. The Bertz CT molecular complexity index is 580. The minimum Gasteiger partial charge on any atom is -0.309 e. The molecule has 2 rings (SSSR count). The van der Waals surface area contributed by atoms with Crippen LogP contribution in [0, 0.1) is 11.6 Å². The summed E-state index contributed by atoms with van der Waals surface area (Å²) in [5.74, 6) is -0.783. The highest BCUT2D eigenvalue weighted by Crippen LogP contribution is 2.34. The van der Waals surface area contributed by atoms with E-state index in [1.807, 2.05) is 12.1 Å². The van der Waals surface area contributed by atoms with Crippen molar-refractivity contribution in [3.63, 3.8) is 0 Å². The highest BCUT2D eigenvalue weighted by molar-refractivity contribution is 7.15. The first-order valence-corrected chi connectivity index (χ1v) is 8.25. The van der Waals surface area contributed by atoms with Crippen LogP contribution in [0.2, 0.25) is 0 Å². The fraction of sp³-hybridized carbons (Fsp3) is 0.412. The molecule has 1 nitrogen and oxygen atoms in total. The summed E-state index contributed by atoms with van der Waals surface area (Å²) in [6.45, 7) is 5.26. The van der Waals surface area contributed by atoms with Crippen LogP contribution in [-0.2, 0) is 0 Å². The van der Waals surface area contributed by atoms with Gasteiger partial charge in [-0.05, 0) is 49.7 Å². The normalized spacial score (nSPS) is 12.6. The average Bonchev–Trinajstić information content (AvgIpc) is 2.95. The van der Waals surface area contributed by atoms with Crippen molar-refractivity contribution in [1.82, 2.24) is 5.32 Å². The number of benzene rings is 1. The van der Waals surface area contributed by atoms with E-state index in [1.54, 1.807) is 0 Å². The van der Waals surface area contributed by atoms with Gasteiger partial charge in [0, 0.05) is 21.4 Å². The Kier molecular flexibility index (Phi) is 5.88. The third kappa shape index (κ3) is 4.11. The second kappa shape index (κ2) is 7.66. The van der Waals surface area contributed by atoms with E-state index >= 15 is 0 Å². The van der Waals surface area contributed by atoms with E-state index in [2.05, 4.69) is 19.2 Å². The minimum atomic E-state index is -0.407. The van der Waals surface area contributed by atoms with Crippen molar-refractivity contribution in [3.05, 3.63) is 46.8 Å². The van der Waals surface area contributed by atoms with Gasteiger partial charge in [-0.2, -0.15) is 0 Å². The van der Waals surface area contributed by atoms with E-state index in [9.17, 15) is 8.78 Å². The zero-order valence-electron chi connectivity index (χ0n) is 12.5. The van der Waals surface area contributed by atoms with Crippen LogP contribution in [0.15, 0.2) is 30.3 Å². The van der Waals surface area contributed by atoms with Gasteiger partial charge < -0.3 is 5.32 Å². The molecule has 1 atom stereocenters. The largest absolute Gasteiger partial charge is 0.309 e. The minimum absolute atomic E-state index is 0.297. The molecule has 1 unspecified atom stereocenters. The molecule has 2 aromatic rings. The summed E-state index contributed by atoms with van der Waals surface area (Å²) in [5.41, 5.74) is 0.344. The van der Waals surface area contributed by atoms with Gasteiger partial charge in [-0.1, -0.05) is 20.3 Å². The lowest BCUT2D eigenvalue weighted by Crippen LogP contribution is -2.21. The van der Waals surface area contributed by atoms with E-state index in [0.29, 0.717) is 11.6 Å². The smallest absolute Gasteiger partial charge is 0.132 e. The summed E-state index contributed by atoms with van der Waals surface area (Å²) in [5, 5.41) is 3.52. The number of halogens is 2. The first-order valence-electron chi connectivity index (χ1n) is 7.44. The van der Waals surface area contributed by atoms with Crippen molar-refractivity contribution in [1.29, 1.82) is 0 Å². The van der Waals surface area contributed by atoms with Gasteiger partial charge >= 0.3 is 0 Å². The molecule has 1 aromatic heterocycles. The molecule has 4 heteroatoms. The molecule has 1 aromatic carbocycles. The van der Waals surface area contributed by atoms with Crippen molar-refractivity contribution >= 4 is 11.3 Å².